The molecule has 0 aromatic heterocycles. The molecule has 0 aliphatic heterocycles. The van der Waals surface area contributed by atoms with Gasteiger partial charge in [0.05, 0.1) is 33.0 Å². The second-order valence-corrected chi connectivity index (χ2v) is 4.15. The number of aliphatic carboxylic acids is 1. The zero-order chi connectivity index (χ0) is 15.8. The van der Waals surface area contributed by atoms with E-state index in [1.807, 2.05) is 0 Å². The summed E-state index contributed by atoms with van der Waals surface area (Å²) in [5.41, 5.74) is 5.25. The van der Waals surface area contributed by atoms with Gasteiger partial charge in [0.2, 0.25) is 0 Å². The van der Waals surface area contributed by atoms with E-state index in [-0.39, 0.29) is 25.6 Å². The summed E-state index contributed by atoms with van der Waals surface area (Å²) in [4.78, 5) is 21.6. The minimum absolute atomic E-state index is 0.0135. The minimum atomic E-state index is -1.01. The predicted molar refractivity (Wildman–Crippen MR) is 74.2 cm³/mol. The van der Waals surface area contributed by atoms with Crippen molar-refractivity contribution in [3.63, 3.8) is 0 Å². The van der Waals surface area contributed by atoms with Crippen LogP contribution in [0.2, 0.25) is 0 Å². The summed E-state index contributed by atoms with van der Waals surface area (Å²) in [6.45, 7) is 2.50. The minimum Gasteiger partial charge on any atom is -0.480 e. The highest BCUT2D eigenvalue weighted by Gasteiger charge is 2.02. The second-order valence-electron chi connectivity index (χ2n) is 4.15. The van der Waals surface area contributed by atoms with Crippen LogP contribution in [0, 0.1) is 0 Å². The van der Waals surface area contributed by atoms with Gasteiger partial charge in [-0.15, -0.1) is 0 Å². The topological polar surface area (TPSA) is 117 Å². The van der Waals surface area contributed by atoms with Crippen molar-refractivity contribution in [3.8, 4) is 0 Å². The van der Waals surface area contributed by atoms with Crippen LogP contribution in [0.3, 0.4) is 0 Å². The molecular weight excluding hydrogens is 282 g/mol. The average molecular weight is 307 g/mol. The van der Waals surface area contributed by atoms with Crippen molar-refractivity contribution in [2.24, 2.45) is 5.73 Å². The standard InChI is InChI=1S/C13H25NO7/c14-3-5-19-7-8-20-10-12(15)2-1-4-18-6-9-21-11-13(16)17/h1-11,14H2,(H,16,17). The zero-order valence-electron chi connectivity index (χ0n) is 12.3. The van der Waals surface area contributed by atoms with Crippen LogP contribution in [-0.4, -0.2) is 76.3 Å². The molecule has 0 heterocycles. The highest BCUT2D eigenvalue weighted by atomic mass is 16.5. The van der Waals surface area contributed by atoms with E-state index >= 15 is 0 Å². The Hall–Kier alpha value is -1.06. The Morgan fingerprint density at radius 3 is 2.00 bits per heavy atom. The van der Waals surface area contributed by atoms with Gasteiger partial charge in [-0.2, -0.15) is 0 Å². The number of ketones is 1. The van der Waals surface area contributed by atoms with Gasteiger partial charge >= 0.3 is 5.97 Å². The van der Waals surface area contributed by atoms with E-state index < -0.39 is 5.97 Å². The first-order valence-corrected chi connectivity index (χ1v) is 6.91. The maximum Gasteiger partial charge on any atom is 0.329 e. The van der Waals surface area contributed by atoms with Crippen LogP contribution < -0.4 is 5.73 Å². The molecule has 0 saturated carbocycles. The van der Waals surface area contributed by atoms with Crippen molar-refractivity contribution in [3.05, 3.63) is 0 Å². The summed E-state index contributed by atoms with van der Waals surface area (Å²) < 4.78 is 20.2. The first-order valence-electron chi connectivity index (χ1n) is 6.91. The van der Waals surface area contributed by atoms with Gasteiger partial charge in [0, 0.05) is 19.6 Å². The fourth-order valence-electron chi connectivity index (χ4n) is 1.31. The monoisotopic (exact) mass is 307 g/mol. The first-order chi connectivity index (χ1) is 10.2. The molecule has 0 aromatic carbocycles. The second kappa shape index (κ2) is 15.3. The molecule has 0 aliphatic carbocycles. The quantitative estimate of drug-likeness (QED) is 0.365. The molecule has 8 heteroatoms. The zero-order valence-corrected chi connectivity index (χ0v) is 12.3. The Morgan fingerprint density at radius 2 is 1.38 bits per heavy atom. The molecule has 8 nitrogen and oxygen atoms in total. The van der Waals surface area contributed by atoms with Crippen molar-refractivity contribution >= 4 is 11.8 Å². The van der Waals surface area contributed by atoms with Gasteiger partial charge in [0.15, 0.2) is 5.78 Å². The fourth-order valence-corrected chi connectivity index (χ4v) is 1.31. The van der Waals surface area contributed by atoms with Crippen molar-refractivity contribution in [2.75, 3.05) is 59.4 Å². The molecule has 0 aromatic rings. The van der Waals surface area contributed by atoms with Crippen LogP contribution in [-0.2, 0) is 28.5 Å². The van der Waals surface area contributed by atoms with Gasteiger partial charge in [-0.05, 0) is 6.42 Å². The van der Waals surface area contributed by atoms with Crippen molar-refractivity contribution in [1.82, 2.24) is 0 Å². The molecule has 0 aliphatic rings. The van der Waals surface area contributed by atoms with Crippen LogP contribution in [0.5, 0.6) is 0 Å². The Balaban J connectivity index is 3.17. The maximum absolute atomic E-state index is 11.4. The number of ether oxygens (including phenoxy) is 4. The number of carbonyl (C=O) groups is 2. The molecule has 0 amide bonds. The number of carboxylic acids is 1. The lowest BCUT2D eigenvalue weighted by molar-refractivity contribution is -0.142. The van der Waals surface area contributed by atoms with Crippen molar-refractivity contribution in [2.45, 2.75) is 12.8 Å². The van der Waals surface area contributed by atoms with E-state index in [9.17, 15) is 9.59 Å². The van der Waals surface area contributed by atoms with Gasteiger partial charge in [0.25, 0.3) is 0 Å². The molecular formula is C13H25NO7. The summed E-state index contributed by atoms with van der Waals surface area (Å²) in [6.07, 6.45) is 0.991. The number of hydrogen-bond acceptors (Lipinski definition) is 7. The smallest absolute Gasteiger partial charge is 0.329 e. The van der Waals surface area contributed by atoms with E-state index in [1.165, 1.54) is 0 Å². The summed E-state index contributed by atoms with van der Waals surface area (Å²) >= 11 is 0. The summed E-state index contributed by atoms with van der Waals surface area (Å²) in [6, 6.07) is 0. The number of carboxylic acid groups (broad SMARTS) is 1. The third-order valence-electron chi connectivity index (χ3n) is 2.24. The maximum atomic E-state index is 11.4. The number of hydrogen-bond donors (Lipinski definition) is 2. The summed E-state index contributed by atoms with van der Waals surface area (Å²) in [5, 5.41) is 8.32. The van der Waals surface area contributed by atoms with Gasteiger partial charge in [-0.3, -0.25) is 4.79 Å². The molecule has 0 atom stereocenters. The SMILES string of the molecule is NCCOCCOCC(=O)CCCOCCOCC(=O)O. The first kappa shape index (κ1) is 19.9. The van der Waals surface area contributed by atoms with Crippen LogP contribution in [0.1, 0.15) is 12.8 Å². The summed E-state index contributed by atoms with van der Waals surface area (Å²) in [7, 11) is 0. The molecule has 124 valence electrons. The molecule has 0 unspecified atom stereocenters. The number of carbonyl (C=O) groups excluding carboxylic acids is 1. The van der Waals surface area contributed by atoms with Gasteiger partial charge in [0.1, 0.15) is 13.2 Å². The normalized spacial score (nSPS) is 10.7. The van der Waals surface area contributed by atoms with Crippen molar-refractivity contribution in [1.29, 1.82) is 0 Å². The third kappa shape index (κ3) is 16.9. The third-order valence-corrected chi connectivity index (χ3v) is 2.24. The van der Waals surface area contributed by atoms with Gasteiger partial charge < -0.3 is 29.8 Å². The van der Waals surface area contributed by atoms with Crippen LogP contribution in [0.15, 0.2) is 0 Å². The van der Waals surface area contributed by atoms with E-state index in [0.29, 0.717) is 52.4 Å². The van der Waals surface area contributed by atoms with Gasteiger partial charge in [-0.1, -0.05) is 0 Å². The van der Waals surface area contributed by atoms with E-state index in [2.05, 4.69) is 0 Å². The lowest BCUT2D eigenvalue weighted by Crippen LogP contribution is -2.15. The number of nitrogens with two attached hydrogens (primary N) is 1. The summed E-state index contributed by atoms with van der Waals surface area (Å²) in [5.74, 6) is -0.992. The predicted octanol–water partition coefficient (Wildman–Crippen LogP) is -0.555. The average Bonchev–Trinajstić information content (AvgIpc) is 2.45. The van der Waals surface area contributed by atoms with Gasteiger partial charge in [-0.25, -0.2) is 4.79 Å². The van der Waals surface area contributed by atoms with E-state index in [4.69, 9.17) is 29.8 Å². The largest absolute Gasteiger partial charge is 0.480 e. The highest BCUT2D eigenvalue weighted by molar-refractivity contribution is 5.79. The highest BCUT2D eigenvalue weighted by Crippen LogP contribution is 1.94. The lowest BCUT2D eigenvalue weighted by atomic mass is 10.2. The molecule has 0 fully saturated rings. The van der Waals surface area contributed by atoms with Crippen LogP contribution in [0.25, 0.3) is 0 Å². The Kier molecular flexibility index (Phi) is 14.6. The molecule has 0 saturated heterocycles. The number of rotatable bonds is 16. The Morgan fingerprint density at radius 1 is 0.810 bits per heavy atom. The Labute approximate surface area is 124 Å². The fraction of sp³-hybridized carbons (Fsp3) is 0.846. The van der Waals surface area contributed by atoms with E-state index in [0.717, 1.165) is 0 Å². The molecule has 0 radical (unpaired) electrons. The van der Waals surface area contributed by atoms with Crippen LogP contribution in [0.4, 0.5) is 0 Å². The number of Topliss-reactive ketones (excluding diaryl/α,β-unsaturated/α-hetero) is 1. The van der Waals surface area contributed by atoms with Crippen LogP contribution >= 0.6 is 0 Å². The Bertz CT molecular complexity index is 273. The lowest BCUT2D eigenvalue weighted by Gasteiger charge is -2.05. The molecule has 0 bridgehead atoms. The molecule has 0 spiro atoms. The molecule has 0 rings (SSSR count). The van der Waals surface area contributed by atoms with Crippen molar-refractivity contribution < 1.29 is 33.6 Å². The molecule has 3 N–H and O–H groups in total. The van der Waals surface area contributed by atoms with E-state index in [1.54, 1.807) is 0 Å². The molecule has 21 heavy (non-hydrogen) atoms.